The highest BCUT2D eigenvalue weighted by Gasteiger charge is 2.65. The van der Waals surface area contributed by atoms with Crippen molar-refractivity contribution in [3.05, 3.63) is 18.3 Å². The van der Waals surface area contributed by atoms with Crippen LogP contribution in [0, 0.1) is 0 Å². The molecule has 9 heteroatoms. The highest BCUT2D eigenvalue weighted by molar-refractivity contribution is 8.45. The van der Waals surface area contributed by atoms with Gasteiger partial charge in [-0.1, -0.05) is 19.4 Å². The Bertz CT molecular complexity index is 472. The minimum atomic E-state index is -9.62. The molecular formula is C10H14F5N3S. The van der Waals surface area contributed by atoms with Gasteiger partial charge in [-0.05, 0) is 19.1 Å². The Labute approximate surface area is 107 Å². The Kier molecular flexibility index (Phi) is 2.81. The van der Waals surface area contributed by atoms with Crippen molar-refractivity contribution in [2.75, 3.05) is 24.5 Å². The SMILES string of the molecule is CC1CNCCN1c1ccc(S(F)(F)(F)(F)F)cn1. The lowest BCUT2D eigenvalue weighted by atomic mass is 10.2. The van der Waals surface area contributed by atoms with E-state index in [9.17, 15) is 19.4 Å². The van der Waals surface area contributed by atoms with Gasteiger partial charge in [-0.2, -0.15) is 0 Å². The first-order chi connectivity index (χ1) is 8.47. The van der Waals surface area contributed by atoms with Crippen molar-refractivity contribution >= 4 is 16.0 Å². The molecule has 0 bridgehead atoms. The van der Waals surface area contributed by atoms with Crippen molar-refractivity contribution in [3.63, 3.8) is 0 Å². The molecule has 0 aromatic carbocycles. The lowest BCUT2D eigenvalue weighted by Crippen LogP contribution is -2.50. The number of rotatable bonds is 2. The van der Waals surface area contributed by atoms with E-state index in [1.165, 1.54) is 0 Å². The predicted molar refractivity (Wildman–Crippen MR) is 65.3 cm³/mol. The molecule has 1 aromatic rings. The summed E-state index contributed by atoms with van der Waals surface area (Å²) >= 11 is 0. The molecule has 3 nitrogen and oxygen atoms in total. The molecule has 110 valence electrons. The van der Waals surface area contributed by atoms with Crippen molar-refractivity contribution in [1.82, 2.24) is 10.3 Å². The summed E-state index contributed by atoms with van der Waals surface area (Å²) in [6.45, 7) is 3.80. The molecule has 2 rings (SSSR count). The number of hydrogen-bond acceptors (Lipinski definition) is 3. The Balaban J connectivity index is 2.29. The van der Waals surface area contributed by atoms with E-state index in [1.807, 2.05) is 6.92 Å². The standard InChI is InChI=1S/C10H14F5N3S/c1-8-6-16-4-5-18(8)10-3-2-9(7-17-10)19(11,12,13,14)15/h2-3,7-8,16H,4-6H2,1H3. The Morgan fingerprint density at radius 1 is 1.26 bits per heavy atom. The number of pyridine rings is 1. The maximum absolute atomic E-state index is 12.5. The summed E-state index contributed by atoms with van der Waals surface area (Å²) in [6.07, 6.45) is 0.214. The van der Waals surface area contributed by atoms with Crippen molar-refractivity contribution in [2.24, 2.45) is 0 Å². The van der Waals surface area contributed by atoms with Crippen molar-refractivity contribution in [2.45, 2.75) is 17.9 Å². The fourth-order valence-corrected chi connectivity index (χ4v) is 2.53. The summed E-state index contributed by atoms with van der Waals surface area (Å²) in [6, 6.07) is 1.44. The van der Waals surface area contributed by atoms with Gasteiger partial charge in [-0.15, -0.1) is 0 Å². The molecule has 1 aliphatic heterocycles. The van der Waals surface area contributed by atoms with E-state index in [4.69, 9.17) is 0 Å². The first-order valence-corrected chi connectivity index (χ1v) is 7.60. The molecule has 1 saturated heterocycles. The van der Waals surface area contributed by atoms with Crippen LogP contribution in [0.25, 0.3) is 0 Å². The molecule has 1 N–H and O–H groups in total. The number of nitrogens with zero attached hydrogens (tertiary/aromatic N) is 2. The predicted octanol–water partition coefficient (Wildman–Crippen LogP) is 3.54. The first kappa shape index (κ1) is 14.3. The zero-order chi connectivity index (χ0) is 14.4. The zero-order valence-corrected chi connectivity index (χ0v) is 10.9. The van der Waals surface area contributed by atoms with Crippen LogP contribution < -0.4 is 10.2 Å². The minimum absolute atomic E-state index is 0.0482. The van der Waals surface area contributed by atoms with Crippen LogP contribution in [0.5, 0.6) is 0 Å². The number of halogens is 5. The molecular weight excluding hydrogens is 289 g/mol. The molecule has 0 saturated carbocycles. The van der Waals surface area contributed by atoms with E-state index in [1.54, 1.807) is 4.90 Å². The van der Waals surface area contributed by atoms with E-state index in [2.05, 4.69) is 10.3 Å². The van der Waals surface area contributed by atoms with Crippen LogP contribution in [0.1, 0.15) is 6.92 Å². The molecule has 0 aliphatic carbocycles. The van der Waals surface area contributed by atoms with E-state index < -0.39 is 15.1 Å². The van der Waals surface area contributed by atoms with Gasteiger partial charge >= 0.3 is 10.2 Å². The van der Waals surface area contributed by atoms with Gasteiger partial charge in [0, 0.05) is 25.7 Å². The molecule has 0 amide bonds. The van der Waals surface area contributed by atoms with Gasteiger partial charge in [-0.3, -0.25) is 0 Å². The topological polar surface area (TPSA) is 28.2 Å². The number of hydrogen-bond donors (Lipinski definition) is 1. The van der Waals surface area contributed by atoms with E-state index in [0.29, 0.717) is 25.7 Å². The van der Waals surface area contributed by atoms with Gasteiger partial charge in [0.05, 0.1) is 6.20 Å². The van der Waals surface area contributed by atoms with Gasteiger partial charge in [-0.25, -0.2) is 4.98 Å². The molecule has 2 heterocycles. The van der Waals surface area contributed by atoms with Gasteiger partial charge in [0.15, 0.2) is 0 Å². The first-order valence-electron chi connectivity index (χ1n) is 5.65. The highest BCUT2D eigenvalue weighted by atomic mass is 32.5. The quantitative estimate of drug-likeness (QED) is 0.847. The summed E-state index contributed by atoms with van der Waals surface area (Å²) in [4.78, 5) is 3.37. The summed E-state index contributed by atoms with van der Waals surface area (Å²) in [5.74, 6) is 0.277. The third-order valence-corrected chi connectivity index (χ3v) is 4.09. The summed E-state index contributed by atoms with van der Waals surface area (Å²) in [5.41, 5.74) is 0. The van der Waals surface area contributed by atoms with Crippen LogP contribution >= 0.6 is 10.2 Å². The van der Waals surface area contributed by atoms with Crippen LogP contribution in [-0.4, -0.2) is 30.7 Å². The maximum atomic E-state index is 12.5. The van der Waals surface area contributed by atoms with Crippen LogP contribution in [0.4, 0.5) is 25.2 Å². The van der Waals surface area contributed by atoms with Crippen LogP contribution in [0.2, 0.25) is 0 Å². The second kappa shape index (κ2) is 3.72. The number of aromatic nitrogens is 1. The highest BCUT2D eigenvalue weighted by Crippen LogP contribution is 3.02. The summed E-state index contributed by atoms with van der Waals surface area (Å²) in [7, 11) is -9.62. The smallest absolute Gasteiger partial charge is 0.311 e. The minimum Gasteiger partial charge on any atom is -0.351 e. The van der Waals surface area contributed by atoms with E-state index >= 15 is 0 Å². The zero-order valence-electron chi connectivity index (χ0n) is 10.1. The lowest BCUT2D eigenvalue weighted by Gasteiger charge is -2.40. The average molecular weight is 303 g/mol. The largest absolute Gasteiger partial charge is 0.351 e. The normalized spacial score (nSPS) is 24.7. The second-order valence-electron chi connectivity index (χ2n) is 4.57. The van der Waals surface area contributed by atoms with Crippen molar-refractivity contribution < 1.29 is 19.4 Å². The fourth-order valence-electron chi connectivity index (χ4n) is 1.95. The van der Waals surface area contributed by atoms with Gasteiger partial charge in [0.25, 0.3) is 0 Å². The Morgan fingerprint density at radius 2 is 1.95 bits per heavy atom. The van der Waals surface area contributed by atoms with Gasteiger partial charge < -0.3 is 10.2 Å². The van der Waals surface area contributed by atoms with E-state index in [0.717, 1.165) is 6.07 Å². The van der Waals surface area contributed by atoms with Crippen LogP contribution in [0.3, 0.4) is 0 Å². The average Bonchev–Trinajstić information content (AvgIpc) is 2.27. The molecule has 0 radical (unpaired) electrons. The van der Waals surface area contributed by atoms with Crippen LogP contribution in [0.15, 0.2) is 23.2 Å². The van der Waals surface area contributed by atoms with Gasteiger partial charge in [0.1, 0.15) is 10.7 Å². The Hall–Kier alpha value is -1.09. The van der Waals surface area contributed by atoms with Crippen molar-refractivity contribution in [1.29, 1.82) is 0 Å². The molecule has 1 fully saturated rings. The lowest BCUT2D eigenvalue weighted by molar-refractivity contribution is 0.363. The number of piperazine rings is 1. The molecule has 0 spiro atoms. The van der Waals surface area contributed by atoms with Crippen LogP contribution in [-0.2, 0) is 0 Å². The fraction of sp³-hybridized carbons (Fsp3) is 0.500. The molecule has 1 aromatic heterocycles. The molecule has 1 unspecified atom stereocenters. The summed E-state index contributed by atoms with van der Waals surface area (Å²) < 4.78 is 62.7. The third-order valence-electron chi connectivity index (χ3n) is 2.96. The Morgan fingerprint density at radius 3 is 2.42 bits per heavy atom. The molecule has 19 heavy (non-hydrogen) atoms. The van der Waals surface area contributed by atoms with Gasteiger partial charge in [0.2, 0.25) is 0 Å². The number of nitrogens with one attached hydrogen (secondary N) is 1. The third kappa shape index (κ3) is 3.27. The van der Waals surface area contributed by atoms with Crippen molar-refractivity contribution in [3.8, 4) is 0 Å². The van der Waals surface area contributed by atoms with E-state index in [-0.39, 0.29) is 18.1 Å². The molecule has 1 atom stereocenters. The maximum Gasteiger partial charge on any atom is 0.311 e. The summed E-state index contributed by atoms with van der Waals surface area (Å²) in [5, 5.41) is 3.12. The molecule has 1 aliphatic rings. The number of anilines is 1. The second-order valence-corrected chi connectivity index (χ2v) is 6.98. The monoisotopic (exact) mass is 303 g/mol.